The summed E-state index contributed by atoms with van der Waals surface area (Å²) < 4.78 is 1.03. The fraction of sp³-hybridized carbons (Fsp3) is 0.385. The molecule has 2 aromatic rings. The Bertz CT molecular complexity index is 1200. The zero-order valence-electron chi connectivity index (χ0n) is 19.0. The molecule has 2 aliphatic rings. The first kappa shape index (κ1) is 22.8. The van der Waals surface area contributed by atoms with Crippen molar-refractivity contribution in [2.45, 2.75) is 59.3 Å². The highest BCUT2D eigenvalue weighted by molar-refractivity contribution is 9.10. The predicted molar refractivity (Wildman–Crippen MR) is 134 cm³/mol. The molecule has 0 bridgehead atoms. The molecule has 1 aromatic heterocycles. The summed E-state index contributed by atoms with van der Waals surface area (Å²) in [7, 11) is 0. The van der Waals surface area contributed by atoms with Crippen molar-refractivity contribution in [3.05, 3.63) is 72.8 Å². The average Bonchev–Trinajstić information content (AvgIpc) is 3.12. The van der Waals surface area contributed by atoms with Crippen LogP contribution in [0.15, 0.2) is 57.5 Å². The largest absolute Gasteiger partial charge is 0.384 e. The highest BCUT2D eigenvalue weighted by Crippen LogP contribution is 2.52. The zero-order chi connectivity index (χ0) is 23.2. The van der Waals surface area contributed by atoms with Gasteiger partial charge in [0, 0.05) is 31.9 Å². The highest BCUT2D eigenvalue weighted by Gasteiger charge is 2.45. The molecule has 0 saturated heterocycles. The van der Waals surface area contributed by atoms with Crippen LogP contribution in [0.4, 0.5) is 5.69 Å². The van der Waals surface area contributed by atoms with E-state index in [2.05, 4.69) is 61.8 Å². The monoisotopic (exact) mass is 509 g/mol. The normalized spacial score (nSPS) is 20.4. The first-order chi connectivity index (χ1) is 15.2. The number of aryl methyl sites for hydroxylation is 2. The van der Waals surface area contributed by atoms with Crippen molar-refractivity contribution < 1.29 is 4.79 Å². The molecular weight excluding hydrogens is 482 g/mol. The lowest BCUT2D eigenvalue weighted by Gasteiger charge is -2.44. The van der Waals surface area contributed by atoms with E-state index >= 15 is 0 Å². The van der Waals surface area contributed by atoms with Crippen LogP contribution >= 0.6 is 27.3 Å². The van der Waals surface area contributed by atoms with Crippen molar-refractivity contribution >= 4 is 38.7 Å². The number of thiophene rings is 1. The molecule has 166 valence electrons. The molecule has 1 aromatic carbocycles. The summed E-state index contributed by atoms with van der Waals surface area (Å²) in [5.41, 5.74) is 10.8. The number of para-hydroxylation sites is 1. The van der Waals surface area contributed by atoms with Gasteiger partial charge in [0.1, 0.15) is 5.82 Å². The molecule has 0 radical (unpaired) electrons. The van der Waals surface area contributed by atoms with Crippen LogP contribution in [0.1, 0.15) is 61.8 Å². The molecule has 32 heavy (non-hydrogen) atoms. The van der Waals surface area contributed by atoms with Crippen molar-refractivity contribution in [2.75, 3.05) is 4.90 Å². The van der Waals surface area contributed by atoms with Crippen molar-refractivity contribution in [3.63, 3.8) is 0 Å². The molecule has 2 N–H and O–H groups in total. The number of nitrogens with zero attached hydrogens (tertiary/aromatic N) is 2. The second kappa shape index (κ2) is 8.53. The van der Waals surface area contributed by atoms with Gasteiger partial charge in [0.2, 0.25) is 0 Å². The molecule has 1 unspecified atom stereocenters. The number of ketones is 1. The first-order valence-corrected chi connectivity index (χ1v) is 12.7. The molecule has 6 heteroatoms. The van der Waals surface area contributed by atoms with E-state index in [-0.39, 0.29) is 11.2 Å². The number of hydrogen-bond acceptors (Lipinski definition) is 5. The molecule has 0 fully saturated rings. The van der Waals surface area contributed by atoms with E-state index in [0.29, 0.717) is 17.8 Å². The number of anilines is 1. The minimum atomic E-state index is -0.412. The van der Waals surface area contributed by atoms with Gasteiger partial charge in [-0.1, -0.05) is 45.9 Å². The van der Waals surface area contributed by atoms with Gasteiger partial charge in [-0.25, -0.2) is 0 Å². The molecule has 0 spiro atoms. The maximum atomic E-state index is 13.6. The Morgan fingerprint density at radius 3 is 2.59 bits per heavy atom. The van der Waals surface area contributed by atoms with E-state index in [1.807, 2.05) is 23.1 Å². The second-order valence-electron chi connectivity index (χ2n) is 9.24. The quantitative estimate of drug-likeness (QED) is 0.505. The van der Waals surface area contributed by atoms with E-state index < -0.39 is 5.92 Å². The van der Waals surface area contributed by atoms with Gasteiger partial charge in [0.25, 0.3) is 0 Å². The van der Waals surface area contributed by atoms with Crippen molar-refractivity contribution in [1.29, 1.82) is 5.26 Å². The van der Waals surface area contributed by atoms with E-state index in [0.717, 1.165) is 51.1 Å². The van der Waals surface area contributed by atoms with Crippen LogP contribution in [-0.2, 0) is 17.6 Å². The number of allylic oxidation sites excluding steroid dienone is 3. The summed E-state index contributed by atoms with van der Waals surface area (Å²) in [6.45, 7) is 8.48. The molecule has 4 nitrogen and oxygen atoms in total. The van der Waals surface area contributed by atoms with Crippen molar-refractivity contribution in [3.8, 4) is 6.07 Å². The van der Waals surface area contributed by atoms with Gasteiger partial charge in [0.15, 0.2) is 5.78 Å². The minimum Gasteiger partial charge on any atom is -0.384 e. The number of Topliss-reactive ketones (excluding diaryl/α,β-unsaturated/α-hetero) is 1. The summed E-state index contributed by atoms with van der Waals surface area (Å²) in [6.07, 6.45) is 2.93. The lowest BCUT2D eigenvalue weighted by molar-refractivity contribution is -0.118. The van der Waals surface area contributed by atoms with Gasteiger partial charge in [0.05, 0.1) is 23.2 Å². The Labute approximate surface area is 202 Å². The van der Waals surface area contributed by atoms with Crippen LogP contribution in [0.5, 0.6) is 0 Å². The third-order valence-electron chi connectivity index (χ3n) is 6.38. The number of rotatable bonds is 4. The molecule has 1 aliphatic carbocycles. The van der Waals surface area contributed by atoms with Crippen LogP contribution in [0.3, 0.4) is 0 Å². The fourth-order valence-corrected chi connectivity index (χ4v) is 6.94. The van der Waals surface area contributed by atoms with Crippen LogP contribution < -0.4 is 10.6 Å². The molecule has 4 rings (SSSR count). The van der Waals surface area contributed by atoms with E-state index in [1.165, 1.54) is 4.88 Å². The lowest BCUT2D eigenvalue weighted by Crippen LogP contribution is -2.42. The summed E-state index contributed by atoms with van der Waals surface area (Å²) >= 11 is 5.32. The van der Waals surface area contributed by atoms with Gasteiger partial charge in [-0.05, 0) is 58.3 Å². The smallest absolute Gasteiger partial charge is 0.162 e. The number of halogens is 1. The molecule has 1 aliphatic heterocycles. The van der Waals surface area contributed by atoms with Crippen molar-refractivity contribution in [1.82, 2.24) is 0 Å². The highest BCUT2D eigenvalue weighted by atomic mass is 79.9. The maximum Gasteiger partial charge on any atom is 0.162 e. The summed E-state index contributed by atoms with van der Waals surface area (Å²) in [6, 6.07) is 12.6. The minimum absolute atomic E-state index is 0.114. The van der Waals surface area contributed by atoms with Gasteiger partial charge in [-0.2, -0.15) is 5.26 Å². The maximum absolute atomic E-state index is 13.6. The van der Waals surface area contributed by atoms with Gasteiger partial charge in [-0.15, -0.1) is 11.3 Å². The van der Waals surface area contributed by atoms with Crippen LogP contribution in [0.2, 0.25) is 0 Å². The summed E-state index contributed by atoms with van der Waals surface area (Å²) in [5.74, 6) is 0.138. The zero-order valence-corrected chi connectivity index (χ0v) is 21.4. The Balaban J connectivity index is 2.02. The summed E-state index contributed by atoms with van der Waals surface area (Å²) in [5, 5.41) is 10.2. The third-order valence-corrected chi connectivity index (χ3v) is 8.69. The first-order valence-electron chi connectivity index (χ1n) is 11.0. The molecule has 1 atom stereocenters. The average molecular weight is 511 g/mol. The van der Waals surface area contributed by atoms with Crippen LogP contribution in [0, 0.1) is 16.7 Å². The molecule has 0 amide bonds. The van der Waals surface area contributed by atoms with E-state index in [9.17, 15) is 10.1 Å². The van der Waals surface area contributed by atoms with Gasteiger partial charge in [-0.3, -0.25) is 9.69 Å². The Morgan fingerprint density at radius 2 is 1.97 bits per heavy atom. The number of carbonyl (C=O) groups is 1. The number of benzene rings is 1. The Morgan fingerprint density at radius 1 is 1.25 bits per heavy atom. The number of nitrogens with two attached hydrogens (primary N) is 1. The van der Waals surface area contributed by atoms with Gasteiger partial charge >= 0.3 is 0 Å². The third kappa shape index (κ3) is 3.72. The molecule has 2 heterocycles. The molecular formula is C26H28BrN3OS. The number of nitriles is 1. The molecule has 0 saturated carbocycles. The van der Waals surface area contributed by atoms with Crippen LogP contribution in [-0.4, -0.2) is 5.78 Å². The predicted octanol–water partition coefficient (Wildman–Crippen LogP) is 6.58. The Kier molecular flexibility index (Phi) is 6.08. The number of carbonyl (C=O) groups excluding carboxylic acids is 1. The second-order valence-corrected chi connectivity index (χ2v) is 11.3. The van der Waals surface area contributed by atoms with Crippen LogP contribution in [0.25, 0.3) is 0 Å². The topological polar surface area (TPSA) is 70.1 Å². The Hall–Kier alpha value is -2.36. The SMILES string of the molecule is CCc1ccccc1N1C(N)=C(C#N)C(c2cc(Br)c(CC)s2)C2=C1CC(C)(C)CC2=O. The van der Waals surface area contributed by atoms with E-state index in [4.69, 9.17) is 5.73 Å². The fourth-order valence-electron chi connectivity index (χ4n) is 4.91. The lowest BCUT2D eigenvalue weighted by atomic mass is 9.69. The standard InChI is InChI=1S/C26H28BrN3OS/c1-5-15-9-7-8-10-18(15)30-19-12-26(3,4)13-20(31)24(19)23(16(14-28)25(30)29)22-11-17(27)21(6-2)32-22/h7-11,23H,5-6,12-13,29H2,1-4H3. The van der Waals surface area contributed by atoms with Crippen molar-refractivity contribution in [2.24, 2.45) is 11.1 Å². The van der Waals surface area contributed by atoms with E-state index in [1.54, 1.807) is 11.3 Å². The van der Waals surface area contributed by atoms with Gasteiger partial charge < -0.3 is 5.73 Å². The number of hydrogen-bond donors (Lipinski definition) is 1. The summed E-state index contributed by atoms with van der Waals surface area (Å²) in [4.78, 5) is 17.8.